The number of rotatable bonds is 2. The molecule has 0 saturated carbocycles. The molecule has 1 aliphatic heterocycles. The SMILES string of the molecule is CS(=O)(=O)NC1CNc2ccc(Br)cc2C1. The Morgan fingerprint density at radius 1 is 1.50 bits per heavy atom. The van der Waals surface area contributed by atoms with Crippen molar-refractivity contribution in [3.63, 3.8) is 0 Å². The number of hydrogen-bond donors (Lipinski definition) is 2. The Bertz CT molecular complexity index is 502. The van der Waals surface area contributed by atoms with Gasteiger partial charge in [-0.15, -0.1) is 0 Å². The van der Waals surface area contributed by atoms with Crippen LogP contribution in [0.4, 0.5) is 5.69 Å². The summed E-state index contributed by atoms with van der Waals surface area (Å²) in [6.07, 6.45) is 1.90. The summed E-state index contributed by atoms with van der Waals surface area (Å²) in [6, 6.07) is 5.90. The molecular formula is C10H13BrN2O2S. The van der Waals surface area contributed by atoms with E-state index >= 15 is 0 Å². The maximum Gasteiger partial charge on any atom is 0.209 e. The average Bonchev–Trinajstić information content (AvgIpc) is 2.14. The minimum atomic E-state index is -3.14. The number of hydrogen-bond acceptors (Lipinski definition) is 3. The van der Waals surface area contributed by atoms with Crippen LogP contribution < -0.4 is 10.0 Å². The summed E-state index contributed by atoms with van der Waals surface area (Å²) in [5.74, 6) is 0. The van der Waals surface area contributed by atoms with Crippen LogP contribution in [0.5, 0.6) is 0 Å². The van der Waals surface area contributed by atoms with Crippen molar-refractivity contribution in [1.29, 1.82) is 0 Å². The predicted octanol–water partition coefficient (Wildman–Crippen LogP) is 1.33. The van der Waals surface area contributed by atoms with E-state index in [1.54, 1.807) is 0 Å². The minimum Gasteiger partial charge on any atom is -0.383 e. The molecule has 0 aliphatic carbocycles. The van der Waals surface area contributed by atoms with E-state index in [1.807, 2.05) is 18.2 Å². The first kappa shape index (κ1) is 11.9. The van der Waals surface area contributed by atoms with Crippen molar-refractivity contribution in [1.82, 2.24) is 4.72 Å². The molecule has 2 rings (SSSR count). The summed E-state index contributed by atoms with van der Waals surface area (Å²) >= 11 is 3.41. The van der Waals surface area contributed by atoms with E-state index in [0.29, 0.717) is 6.54 Å². The van der Waals surface area contributed by atoms with Crippen LogP contribution >= 0.6 is 15.9 Å². The third kappa shape index (κ3) is 2.96. The lowest BCUT2D eigenvalue weighted by molar-refractivity contribution is 0.554. The molecule has 4 nitrogen and oxygen atoms in total. The molecule has 0 bridgehead atoms. The first-order chi connectivity index (χ1) is 7.44. The van der Waals surface area contributed by atoms with Crippen molar-refractivity contribution in [2.45, 2.75) is 12.5 Å². The van der Waals surface area contributed by atoms with Crippen LogP contribution in [0.1, 0.15) is 5.56 Å². The molecule has 0 saturated heterocycles. The van der Waals surface area contributed by atoms with Crippen molar-refractivity contribution < 1.29 is 8.42 Å². The molecule has 1 aromatic rings. The van der Waals surface area contributed by atoms with E-state index in [2.05, 4.69) is 26.0 Å². The molecule has 1 unspecified atom stereocenters. The van der Waals surface area contributed by atoms with Crippen LogP contribution in [0.2, 0.25) is 0 Å². The topological polar surface area (TPSA) is 58.2 Å². The summed E-state index contributed by atoms with van der Waals surface area (Å²) in [6.45, 7) is 0.627. The highest BCUT2D eigenvalue weighted by Crippen LogP contribution is 2.25. The van der Waals surface area contributed by atoms with Crippen molar-refractivity contribution in [2.24, 2.45) is 0 Å². The number of fused-ring (bicyclic) bond motifs is 1. The maximum absolute atomic E-state index is 11.1. The van der Waals surface area contributed by atoms with Gasteiger partial charge in [0.05, 0.1) is 6.26 Å². The highest BCUT2D eigenvalue weighted by atomic mass is 79.9. The zero-order chi connectivity index (χ0) is 11.8. The Morgan fingerprint density at radius 3 is 2.94 bits per heavy atom. The fourth-order valence-electron chi connectivity index (χ4n) is 1.86. The molecule has 2 N–H and O–H groups in total. The van der Waals surface area contributed by atoms with E-state index in [4.69, 9.17) is 0 Å². The number of anilines is 1. The second-order valence-electron chi connectivity index (χ2n) is 3.97. The Hall–Kier alpha value is -0.590. The largest absolute Gasteiger partial charge is 0.383 e. The average molecular weight is 305 g/mol. The van der Waals surface area contributed by atoms with Gasteiger partial charge in [0.2, 0.25) is 10.0 Å². The van der Waals surface area contributed by atoms with Gasteiger partial charge < -0.3 is 5.32 Å². The second kappa shape index (κ2) is 4.35. The molecule has 0 aromatic heterocycles. The van der Waals surface area contributed by atoms with Gasteiger partial charge in [0.1, 0.15) is 0 Å². The summed E-state index contributed by atoms with van der Waals surface area (Å²) in [5, 5.41) is 3.21. The minimum absolute atomic E-state index is 0.0724. The molecule has 1 aromatic carbocycles. The third-order valence-corrected chi connectivity index (χ3v) is 3.71. The van der Waals surface area contributed by atoms with Crippen LogP contribution in [0, 0.1) is 0 Å². The molecule has 0 amide bonds. The lowest BCUT2D eigenvalue weighted by Crippen LogP contribution is -2.42. The van der Waals surface area contributed by atoms with Gasteiger partial charge in [-0.3, -0.25) is 0 Å². The molecule has 1 atom stereocenters. The molecule has 0 fully saturated rings. The third-order valence-electron chi connectivity index (χ3n) is 2.45. The molecule has 1 aliphatic rings. The predicted molar refractivity (Wildman–Crippen MR) is 68.1 cm³/mol. The molecule has 6 heteroatoms. The van der Waals surface area contributed by atoms with Gasteiger partial charge in [-0.25, -0.2) is 13.1 Å². The van der Waals surface area contributed by atoms with Crippen molar-refractivity contribution in [3.8, 4) is 0 Å². The number of sulfonamides is 1. The van der Waals surface area contributed by atoms with Crippen LogP contribution in [0.3, 0.4) is 0 Å². The Balaban J connectivity index is 2.17. The van der Waals surface area contributed by atoms with E-state index in [9.17, 15) is 8.42 Å². The van der Waals surface area contributed by atoms with Crippen LogP contribution in [-0.4, -0.2) is 27.3 Å². The second-order valence-corrected chi connectivity index (χ2v) is 6.67. The summed E-state index contributed by atoms with van der Waals surface area (Å²) in [7, 11) is -3.14. The van der Waals surface area contributed by atoms with Crippen LogP contribution in [-0.2, 0) is 16.4 Å². The van der Waals surface area contributed by atoms with Gasteiger partial charge in [0, 0.05) is 22.7 Å². The maximum atomic E-state index is 11.1. The Labute approximate surface area is 104 Å². The van der Waals surface area contributed by atoms with Gasteiger partial charge in [-0.2, -0.15) is 0 Å². The smallest absolute Gasteiger partial charge is 0.209 e. The first-order valence-electron chi connectivity index (χ1n) is 4.94. The summed E-state index contributed by atoms with van der Waals surface area (Å²) < 4.78 is 25.9. The van der Waals surface area contributed by atoms with E-state index < -0.39 is 10.0 Å². The van der Waals surface area contributed by atoms with E-state index in [0.717, 1.165) is 22.1 Å². The molecule has 88 valence electrons. The number of halogens is 1. The van der Waals surface area contributed by atoms with Crippen molar-refractivity contribution >= 4 is 31.6 Å². The zero-order valence-corrected chi connectivity index (χ0v) is 11.2. The lowest BCUT2D eigenvalue weighted by Gasteiger charge is -2.26. The molecule has 1 heterocycles. The molecule has 0 radical (unpaired) electrons. The molecular weight excluding hydrogens is 292 g/mol. The van der Waals surface area contributed by atoms with Gasteiger partial charge >= 0.3 is 0 Å². The Morgan fingerprint density at radius 2 is 2.25 bits per heavy atom. The number of nitrogens with one attached hydrogen (secondary N) is 2. The summed E-state index contributed by atoms with van der Waals surface area (Å²) in [4.78, 5) is 0. The first-order valence-corrected chi connectivity index (χ1v) is 7.62. The van der Waals surface area contributed by atoms with Gasteiger partial charge in [0.25, 0.3) is 0 Å². The van der Waals surface area contributed by atoms with Gasteiger partial charge in [-0.05, 0) is 30.2 Å². The van der Waals surface area contributed by atoms with Crippen LogP contribution in [0.25, 0.3) is 0 Å². The van der Waals surface area contributed by atoms with Crippen LogP contribution in [0.15, 0.2) is 22.7 Å². The quantitative estimate of drug-likeness (QED) is 0.867. The van der Waals surface area contributed by atoms with Gasteiger partial charge in [0.15, 0.2) is 0 Å². The fourth-order valence-corrected chi connectivity index (χ4v) is 3.04. The standard InChI is InChI=1S/C10H13BrN2O2S/c1-16(14,15)13-9-5-7-4-8(11)2-3-10(7)12-6-9/h2-4,9,12-13H,5-6H2,1H3. The molecule has 16 heavy (non-hydrogen) atoms. The summed E-state index contributed by atoms with van der Waals surface area (Å²) in [5.41, 5.74) is 2.21. The van der Waals surface area contributed by atoms with Gasteiger partial charge in [-0.1, -0.05) is 15.9 Å². The fraction of sp³-hybridized carbons (Fsp3) is 0.400. The highest BCUT2D eigenvalue weighted by molar-refractivity contribution is 9.10. The zero-order valence-electron chi connectivity index (χ0n) is 8.83. The number of benzene rings is 1. The monoisotopic (exact) mass is 304 g/mol. The van der Waals surface area contributed by atoms with Crippen molar-refractivity contribution in [3.05, 3.63) is 28.2 Å². The normalized spacial score (nSPS) is 20.0. The molecule has 0 spiro atoms. The van der Waals surface area contributed by atoms with Crippen molar-refractivity contribution in [2.75, 3.05) is 18.1 Å². The van der Waals surface area contributed by atoms with E-state index in [-0.39, 0.29) is 6.04 Å². The van der Waals surface area contributed by atoms with E-state index in [1.165, 1.54) is 6.26 Å². The Kier molecular flexibility index (Phi) is 3.23. The lowest BCUT2D eigenvalue weighted by atomic mass is 10.0. The highest BCUT2D eigenvalue weighted by Gasteiger charge is 2.20.